The highest BCUT2D eigenvalue weighted by Crippen LogP contribution is 2.55. The first-order valence-electron chi connectivity index (χ1n) is 14.1. The number of rotatable bonds is 5. The van der Waals surface area contributed by atoms with E-state index in [1.165, 1.54) is 60.9 Å². The van der Waals surface area contributed by atoms with E-state index in [1.807, 2.05) is 0 Å². The summed E-state index contributed by atoms with van der Waals surface area (Å²) < 4.78 is 2.51. The van der Waals surface area contributed by atoms with Crippen LogP contribution in [0.15, 0.2) is 152 Å². The molecule has 0 N–H and O–H groups in total. The molecule has 0 atom stereocenters. The van der Waals surface area contributed by atoms with E-state index < -0.39 is 0 Å². The first-order valence-corrected chi connectivity index (χ1v) is 14.1. The lowest BCUT2D eigenvalue weighted by atomic mass is 9.69. The lowest BCUT2D eigenvalue weighted by Gasteiger charge is -2.35. The molecule has 8 rings (SSSR count). The van der Waals surface area contributed by atoms with Gasteiger partial charge in [-0.25, -0.2) is 0 Å². The van der Waals surface area contributed by atoms with Gasteiger partial charge in [0.15, 0.2) is 0 Å². The van der Waals surface area contributed by atoms with Crippen LogP contribution in [0.4, 0.5) is 0 Å². The Morgan fingerprint density at radius 2 is 0.925 bits per heavy atom. The summed E-state index contributed by atoms with van der Waals surface area (Å²) in [5, 5.41) is 2.59. The minimum Gasteiger partial charge on any atom is -0.309 e. The Labute approximate surface area is 235 Å². The molecular weight excluding hydrogens is 482 g/mol. The van der Waals surface area contributed by atoms with Crippen molar-refractivity contribution in [2.24, 2.45) is 0 Å². The molecule has 40 heavy (non-hydrogen) atoms. The number of aromatic nitrogens is 1. The van der Waals surface area contributed by atoms with Crippen LogP contribution in [0.25, 0.3) is 38.6 Å². The third kappa shape index (κ3) is 3.41. The van der Waals surface area contributed by atoms with Gasteiger partial charge in [-0.2, -0.15) is 0 Å². The summed E-state index contributed by atoms with van der Waals surface area (Å²) in [5.41, 5.74) is 11.8. The van der Waals surface area contributed by atoms with Gasteiger partial charge >= 0.3 is 0 Å². The summed E-state index contributed by atoms with van der Waals surface area (Å²) in [6.45, 7) is 0. The summed E-state index contributed by atoms with van der Waals surface area (Å²) in [7, 11) is 0. The Hall–Kier alpha value is -4.88. The van der Waals surface area contributed by atoms with Gasteiger partial charge in [-0.3, -0.25) is 0 Å². The summed E-state index contributed by atoms with van der Waals surface area (Å²) in [5.74, 6) is 0. The predicted octanol–water partition coefficient (Wildman–Crippen LogP) is 9.54. The molecule has 0 amide bonds. The van der Waals surface area contributed by atoms with Crippen molar-refractivity contribution in [2.75, 3.05) is 0 Å². The fourth-order valence-corrected chi connectivity index (χ4v) is 7.22. The van der Waals surface area contributed by atoms with Crippen molar-refractivity contribution in [3.63, 3.8) is 0 Å². The molecule has 0 radical (unpaired) electrons. The fourth-order valence-electron chi connectivity index (χ4n) is 7.22. The minimum absolute atomic E-state index is 0.224. The third-order valence-electron chi connectivity index (χ3n) is 8.77. The van der Waals surface area contributed by atoms with E-state index in [-0.39, 0.29) is 5.41 Å². The van der Waals surface area contributed by atoms with Gasteiger partial charge in [0, 0.05) is 16.2 Å². The van der Waals surface area contributed by atoms with Crippen molar-refractivity contribution in [3.8, 4) is 16.8 Å². The summed E-state index contributed by atoms with van der Waals surface area (Å²) >= 11 is 0. The van der Waals surface area contributed by atoms with Crippen molar-refractivity contribution >= 4 is 21.8 Å². The molecule has 1 aromatic heterocycles. The maximum Gasteiger partial charge on any atom is 0.0541 e. The smallest absolute Gasteiger partial charge is 0.0541 e. The van der Waals surface area contributed by atoms with Crippen LogP contribution in [0, 0.1) is 0 Å². The molecular formula is C39H29N. The normalized spacial score (nSPS) is 13.4. The zero-order valence-corrected chi connectivity index (χ0v) is 22.3. The minimum atomic E-state index is -0.224. The molecule has 1 aliphatic rings. The molecule has 0 saturated heterocycles. The van der Waals surface area contributed by atoms with Crippen LogP contribution in [0.5, 0.6) is 0 Å². The molecule has 6 aromatic carbocycles. The Morgan fingerprint density at radius 1 is 0.425 bits per heavy atom. The number of fused-ring (bicyclic) bond motifs is 6. The van der Waals surface area contributed by atoms with Crippen LogP contribution in [-0.4, -0.2) is 4.57 Å². The van der Waals surface area contributed by atoms with Crippen LogP contribution in [0.3, 0.4) is 0 Å². The van der Waals surface area contributed by atoms with Gasteiger partial charge in [-0.1, -0.05) is 133 Å². The van der Waals surface area contributed by atoms with Gasteiger partial charge in [-0.15, -0.1) is 0 Å². The van der Waals surface area contributed by atoms with Gasteiger partial charge in [0.05, 0.1) is 16.7 Å². The molecule has 0 aliphatic heterocycles. The fraction of sp³-hybridized carbons (Fsp3) is 0.0769. The molecule has 7 aromatic rings. The Bertz CT molecular complexity index is 1900. The zero-order chi connectivity index (χ0) is 26.5. The van der Waals surface area contributed by atoms with E-state index in [0.29, 0.717) is 0 Å². The molecule has 1 heteroatoms. The topological polar surface area (TPSA) is 4.93 Å². The predicted molar refractivity (Wildman–Crippen MR) is 167 cm³/mol. The molecule has 0 saturated carbocycles. The van der Waals surface area contributed by atoms with E-state index in [4.69, 9.17) is 0 Å². The summed E-state index contributed by atoms with van der Waals surface area (Å²) in [4.78, 5) is 0. The third-order valence-corrected chi connectivity index (χ3v) is 8.77. The lowest BCUT2D eigenvalue weighted by molar-refractivity contribution is 0.518. The molecule has 0 unspecified atom stereocenters. The maximum atomic E-state index is 2.51. The highest BCUT2D eigenvalue weighted by atomic mass is 15.0. The largest absolute Gasteiger partial charge is 0.309 e. The van der Waals surface area contributed by atoms with Gasteiger partial charge in [0.1, 0.15) is 0 Å². The number of para-hydroxylation sites is 2. The Morgan fingerprint density at radius 3 is 1.55 bits per heavy atom. The van der Waals surface area contributed by atoms with Gasteiger partial charge in [-0.05, 0) is 64.4 Å². The van der Waals surface area contributed by atoms with Gasteiger partial charge in [0.25, 0.3) is 0 Å². The van der Waals surface area contributed by atoms with Crippen molar-refractivity contribution in [2.45, 2.75) is 18.3 Å². The van der Waals surface area contributed by atoms with Crippen molar-refractivity contribution in [1.29, 1.82) is 0 Å². The zero-order valence-electron chi connectivity index (χ0n) is 22.3. The van der Waals surface area contributed by atoms with E-state index in [0.717, 1.165) is 12.8 Å². The standard InChI is InChI=1S/C39H29N/c1-3-14-28(15-4-1)26-39(27-29-16-5-2-6-17-29)34-22-10-7-18-30(34)33-21-13-25-37(38(33)39)40-35-23-11-8-19-31(35)32-20-9-12-24-36(32)40/h1-25H,26-27H2. The average molecular weight is 512 g/mol. The van der Waals surface area contributed by atoms with Crippen LogP contribution in [-0.2, 0) is 18.3 Å². The number of hydrogen-bond donors (Lipinski definition) is 0. The molecule has 190 valence electrons. The molecule has 0 fully saturated rings. The van der Waals surface area contributed by atoms with E-state index in [2.05, 4.69) is 156 Å². The number of nitrogens with zero attached hydrogens (tertiary/aromatic N) is 1. The molecule has 1 heterocycles. The summed E-state index contributed by atoms with van der Waals surface area (Å²) in [6, 6.07) is 55.8. The second kappa shape index (κ2) is 9.10. The molecule has 0 spiro atoms. The monoisotopic (exact) mass is 511 g/mol. The van der Waals surface area contributed by atoms with Crippen LogP contribution >= 0.6 is 0 Å². The van der Waals surface area contributed by atoms with Crippen LogP contribution in [0.2, 0.25) is 0 Å². The van der Waals surface area contributed by atoms with E-state index >= 15 is 0 Å². The Balaban J connectivity index is 1.49. The molecule has 1 nitrogen and oxygen atoms in total. The van der Waals surface area contributed by atoms with E-state index in [9.17, 15) is 0 Å². The second-order valence-corrected chi connectivity index (χ2v) is 11.0. The van der Waals surface area contributed by atoms with Gasteiger partial charge in [0.2, 0.25) is 0 Å². The second-order valence-electron chi connectivity index (χ2n) is 11.0. The first kappa shape index (κ1) is 23.0. The van der Waals surface area contributed by atoms with Crippen molar-refractivity contribution in [3.05, 3.63) is 174 Å². The molecule has 0 bridgehead atoms. The highest BCUT2D eigenvalue weighted by molar-refractivity contribution is 6.09. The number of benzene rings is 6. The highest BCUT2D eigenvalue weighted by Gasteiger charge is 2.45. The van der Waals surface area contributed by atoms with Crippen molar-refractivity contribution < 1.29 is 0 Å². The summed E-state index contributed by atoms with van der Waals surface area (Å²) in [6.07, 6.45) is 1.86. The van der Waals surface area contributed by atoms with Crippen LogP contribution < -0.4 is 0 Å². The SMILES string of the molecule is c1ccc(CC2(Cc3ccccc3)c3ccccc3-c3cccc(-n4c5ccccc5c5ccccc54)c32)cc1. The number of hydrogen-bond acceptors (Lipinski definition) is 0. The lowest BCUT2D eigenvalue weighted by Crippen LogP contribution is -2.32. The van der Waals surface area contributed by atoms with E-state index in [1.54, 1.807) is 0 Å². The van der Waals surface area contributed by atoms with Crippen LogP contribution in [0.1, 0.15) is 22.3 Å². The Kier molecular flexibility index (Phi) is 5.24. The maximum absolute atomic E-state index is 2.51. The van der Waals surface area contributed by atoms with Gasteiger partial charge < -0.3 is 4.57 Å². The first-order chi connectivity index (χ1) is 19.8. The molecule has 1 aliphatic carbocycles. The van der Waals surface area contributed by atoms with Crippen molar-refractivity contribution in [1.82, 2.24) is 4.57 Å². The quantitative estimate of drug-likeness (QED) is 0.217. The average Bonchev–Trinajstić information content (AvgIpc) is 3.49.